The zero-order valence-corrected chi connectivity index (χ0v) is 80.8. The normalized spacial score (nSPS) is 17.2. The van der Waals surface area contributed by atoms with Gasteiger partial charge in [0.05, 0.1) is 52.9 Å². The molecule has 8 aliphatic heterocycles. The standard InChI is InChI=1S/C29H32N2O6.C28H30N2O6.C28H30N2O5.C27H28N2O6/c1-2-22-16-30-29(36-22)28-15-23-24(4-3-5-25(23)37-28)35-18-21(32)17-31-10-8-19(9-11-31)20-6-7-26-27(14-20)34-13-12-33-26;1-2-21-14-29-28(35-21)27-13-22-23(4-3-5-24(22)36-27)32-16-20(31)15-30-10-8-18(9-11-30)19-6-7-25-26(12-19)34-17-33-25;1-18-15-29-28(34-18)27-14-23-25(3-2-4-26(23)35-27)33-17-22(31)16-30-10-7-19(8-11-30)20-5-6-24-21(13-20)9-12-32-24;1-17-13-28-27(34-17)26-12-21-22(3-2-4-23(21)35-26)31-15-20(30)14-29-9-7-18(8-10-29)19-5-6-24-25(11-19)33-16-32-24/h3-7,14-16,19,21,32H,2,8-13,17-18H2,1H3;3-7,12-14,18,20,31H,2,8-11,15-17H2,1H3;2-6,13-15,19,22,31H,7-12,16-17H2,1H3;2-6,11-13,18,20,30H,7-10,14-16H2,1H3/t21-;20-;22-;20-/m0000/s1. The smallest absolute Gasteiger partial charge is 0.263 e. The lowest BCUT2D eigenvalue weighted by atomic mass is 9.88. The monoisotopic (exact) mass is 1940 g/mol. The summed E-state index contributed by atoms with van der Waals surface area (Å²) in [7, 11) is 0. The Kier molecular flexibility index (Phi) is 29.4. The molecule has 0 saturated carbocycles. The van der Waals surface area contributed by atoms with Crippen molar-refractivity contribution >= 4 is 43.9 Å². The fraction of sp³-hybridized carbons (Fsp3) is 0.393. The highest BCUT2D eigenvalue weighted by Gasteiger charge is 2.33. The summed E-state index contributed by atoms with van der Waals surface area (Å²) in [6.45, 7) is 21.1. The fourth-order valence-electron chi connectivity index (χ4n) is 20.2. The molecule has 0 bridgehead atoms. The van der Waals surface area contributed by atoms with E-state index in [2.05, 4.69) is 94.1 Å². The summed E-state index contributed by atoms with van der Waals surface area (Å²) >= 11 is 0. The van der Waals surface area contributed by atoms with Gasteiger partial charge >= 0.3 is 0 Å². The molecule has 746 valence electrons. The first-order valence-corrected chi connectivity index (χ1v) is 50.0. The number of rotatable bonds is 30. The summed E-state index contributed by atoms with van der Waals surface area (Å²) in [5.41, 5.74) is 9.43. The highest BCUT2D eigenvalue weighted by atomic mass is 16.7. The second kappa shape index (κ2) is 44.0. The maximum atomic E-state index is 10.7. The largest absolute Gasteiger partial charge is 0.493 e. The number of piperidine rings is 4. The van der Waals surface area contributed by atoms with Gasteiger partial charge in [0, 0.05) is 69.7 Å². The maximum absolute atomic E-state index is 10.7. The Morgan fingerprint density at radius 1 is 0.308 bits per heavy atom. The van der Waals surface area contributed by atoms with Gasteiger partial charge in [-0.1, -0.05) is 68.4 Å². The van der Waals surface area contributed by atoms with Crippen molar-refractivity contribution in [3.63, 3.8) is 0 Å². The molecule has 4 atom stereocenters. The molecule has 8 aliphatic rings. The predicted octanol–water partition coefficient (Wildman–Crippen LogP) is 19.7. The molecule has 143 heavy (non-hydrogen) atoms. The predicted molar refractivity (Wildman–Crippen MR) is 533 cm³/mol. The minimum Gasteiger partial charge on any atom is -0.493 e. The number of oxazole rings is 4. The molecule has 0 radical (unpaired) electrons. The second-order valence-corrected chi connectivity index (χ2v) is 37.9. The Morgan fingerprint density at radius 2 is 0.594 bits per heavy atom. The van der Waals surface area contributed by atoms with Crippen LogP contribution in [0.2, 0.25) is 0 Å². The van der Waals surface area contributed by atoms with Gasteiger partial charge in [-0.2, -0.15) is 0 Å². The number of nitrogens with zero attached hydrogens (tertiary/aromatic N) is 8. The first-order chi connectivity index (χ1) is 70.1. The van der Waals surface area contributed by atoms with E-state index in [4.69, 9.17) is 87.4 Å². The Morgan fingerprint density at radius 3 is 0.916 bits per heavy atom. The number of aryl methyl sites for hydroxylation is 4. The van der Waals surface area contributed by atoms with Gasteiger partial charge in [-0.15, -0.1) is 0 Å². The first-order valence-electron chi connectivity index (χ1n) is 50.0. The van der Waals surface area contributed by atoms with Gasteiger partial charge < -0.3 is 127 Å². The molecular formula is C112H120N8O23. The van der Waals surface area contributed by atoms with Crippen molar-refractivity contribution in [1.29, 1.82) is 0 Å². The second-order valence-electron chi connectivity index (χ2n) is 37.9. The van der Waals surface area contributed by atoms with Gasteiger partial charge in [0.2, 0.25) is 13.6 Å². The van der Waals surface area contributed by atoms with E-state index in [-0.39, 0.29) is 26.4 Å². The molecule has 0 spiro atoms. The van der Waals surface area contributed by atoms with E-state index in [9.17, 15) is 20.4 Å². The van der Waals surface area contributed by atoms with E-state index in [1.807, 2.05) is 143 Å². The average Bonchev–Trinajstić information content (AvgIpc) is 1.72. The minimum atomic E-state index is -0.591. The molecule has 24 rings (SSSR count). The van der Waals surface area contributed by atoms with Gasteiger partial charge in [-0.25, -0.2) is 19.9 Å². The zero-order valence-electron chi connectivity index (χ0n) is 80.8. The molecular weight excluding hydrogens is 1830 g/mol. The minimum absolute atomic E-state index is 0.208. The third-order valence-electron chi connectivity index (χ3n) is 27.9. The van der Waals surface area contributed by atoms with Crippen molar-refractivity contribution in [1.82, 2.24) is 39.5 Å². The number of β-amino-alcohol motifs (C(OH)–C–C–N with tert-alkyl or cyclic N) is 4. The van der Waals surface area contributed by atoms with Gasteiger partial charge in [-0.3, -0.25) is 0 Å². The quantitative estimate of drug-likeness (QED) is 0.0325. The average molecular weight is 1950 g/mol. The third-order valence-corrected chi connectivity index (χ3v) is 27.9. The Labute approximate surface area is 827 Å². The Bertz CT molecular complexity index is 6770. The number of aromatic nitrogens is 4. The lowest BCUT2D eigenvalue weighted by molar-refractivity contribution is 0.0598. The van der Waals surface area contributed by atoms with Crippen molar-refractivity contribution < 1.29 is 108 Å². The summed E-state index contributed by atoms with van der Waals surface area (Å²) < 4.78 is 109. The van der Waals surface area contributed by atoms with E-state index in [1.165, 1.54) is 27.8 Å². The zero-order chi connectivity index (χ0) is 97.2. The number of benzene rings is 8. The van der Waals surface area contributed by atoms with Crippen LogP contribution in [-0.4, -0.2) is 223 Å². The van der Waals surface area contributed by atoms with Crippen LogP contribution in [0.4, 0.5) is 0 Å². The molecule has 16 aromatic rings. The lowest BCUT2D eigenvalue weighted by Gasteiger charge is -2.33. The van der Waals surface area contributed by atoms with Crippen LogP contribution in [0.3, 0.4) is 0 Å². The number of fused-ring (bicyclic) bond motifs is 8. The van der Waals surface area contributed by atoms with Crippen molar-refractivity contribution in [2.24, 2.45) is 0 Å². The fourth-order valence-corrected chi connectivity index (χ4v) is 20.2. The number of furan rings is 4. The van der Waals surface area contributed by atoms with Gasteiger partial charge in [-0.05, 0) is 260 Å². The van der Waals surface area contributed by atoms with Crippen LogP contribution in [0, 0.1) is 13.8 Å². The van der Waals surface area contributed by atoms with E-state index in [1.54, 1.807) is 24.8 Å². The molecule has 0 unspecified atom stereocenters. The maximum Gasteiger partial charge on any atom is 0.263 e. The van der Waals surface area contributed by atoms with Crippen molar-refractivity contribution in [2.45, 2.75) is 146 Å². The first kappa shape index (κ1) is 95.4. The molecule has 4 saturated heterocycles. The highest BCUT2D eigenvalue weighted by Crippen LogP contribution is 2.45. The van der Waals surface area contributed by atoms with Gasteiger partial charge in [0.25, 0.3) is 23.6 Å². The SMILES string of the molecule is CCc1cnc(-c2cc3c(OC[C@@H](O)CN4CCC(c5ccc6c(c5)OCCO6)CC4)cccc3o2)o1.CCc1cnc(-c2cc3c(OC[C@@H](O)CN4CCC(c5ccc6c(c5)OCO6)CC4)cccc3o2)o1.Cc1cnc(-c2cc3c(OC[C@@H](O)CN4CCC(c5ccc6c(c5)CCO6)CC4)cccc3o2)o1.Cc1cnc(-c2cc3c(OC[C@@H](O)CN4CCC(c5ccc6c(c5)OCO6)CC4)cccc3o2)o1. The number of ether oxygens (including phenoxy) is 11. The number of hydrogen-bond donors (Lipinski definition) is 4. The number of hydrogen-bond acceptors (Lipinski definition) is 31. The third kappa shape index (κ3) is 22.8. The van der Waals surface area contributed by atoms with Crippen molar-refractivity contribution in [3.05, 3.63) is 246 Å². The molecule has 31 heteroatoms. The van der Waals surface area contributed by atoms with Gasteiger partial charge in [0.15, 0.2) is 57.5 Å². The molecule has 8 aromatic heterocycles. The molecule has 0 aliphatic carbocycles. The number of aliphatic hydroxyl groups excluding tert-OH is 4. The van der Waals surface area contributed by atoms with Crippen LogP contribution in [-0.2, 0) is 19.3 Å². The van der Waals surface area contributed by atoms with E-state index >= 15 is 0 Å². The molecule has 4 fully saturated rings. The van der Waals surface area contributed by atoms with Crippen LogP contribution in [0.1, 0.15) is 140 Å². The summed E-state index contributed by atoms with van der Waals surface area (Å²) in [5, 5.41) is 46.1. The topological polar surface area (TPSA) is 352 Å². The molecule has 0 amide bonds. The van der Waals surface area contributed by atoms with E-state index < -0.39 is 24.4 Å². The van der Waals surface area contributed by atoms with Gasteiger partial charge in [0.1, 0.15) is 138 Å². The molecule has 4 N–H and O–H groups in total. The lowest BCUT2D eigenvalue weighted by Crippen LogP contribution is -2.40. The van der Waals surface area contributed by atoms with Crippen LogP contribution >= 0.6 is 0 Å². The van der Waals surface area contributed by atoms with Crippen molar-refractivity contribution in [2.75, 3.05) is 138 Å². The highest BCUT2D eigenvalue weighted by molar-refractivity contribution is 5.90. The summed E-state index contributed by atoms with van der Waals surface area (Å²) in [6, 6.07) is 55.6. The Hall–Kier alpha value is -13.8. The van der Waals surface area contributed by atoms with Crippen LogP contribution in [0.5, 0.6) is 63.2 Å². The van der Waals surface area contributed by atoms with E-state index in [0.29, 0.717) is 169 Å². The Balaban J connectivity index is 0.000000113. The van der Waals surface area contributed by atoms with Crippen LogP contribution in [0.15, 0.2) is 230 Å². The van der Waals surface area contributed by atoms with Crippen LogP contribution < -0.4 is 52.1 Å². The van der Waals surface area contributed by atoms with Crippen molar-refractivity contribution in [3.8, 4) is 110 Å². The summed E-state index contributed by atoms with van der Waals surface area (Å²) in [4.78, 5) is 26.3. The number of aliphatic hydroxyl groups is 4. The summed E-state index contributed by atoms with van der Waals surface area (Å²) in [6.07, 6.45) is 15.5. The molecule has 31 nitrogen and oxygen atoms in total. The van der Waals surface area contributed by atoms with E-state index in [0.717, 1.165) is 214 Å². The molecule has 8 aromatic carbocycles. The number of likely N-dealkylation sites (tertiary alicyclic amines) is 4. The van der Waals surface area contributed by atoms with Crippen LogP contribution in [0.25, 0.3) is 90.5 Å². The molecule has 16 heterocycles. The summed E-state index contributed by atoms with van der Waals surface area (Å²) in [5.74, 6) is 17.9.